The third kappa shape index (κ3) is 7.10. The molecule has 36 heavy (non-hydrogen) atoms. The van der Waals surface area contributed by atoms with E-state index in [2.05, 4.69) is 25.6 Å². The highest BCUT2D eigenvalue weighted by atomic mass is 16.6. The molecule has 0 fully saturated rings. The Bertz CT molecular complexity index is 1210. The number of alkyl carbamates (subject to hydrolysis) is 1. The number of ether oxygens (including phenoxy) is 2. The summed E-state index contributed by atoms with van der Waals surface area (Å²) in [7, 11) is 1.26. The fourth-order valence-electron chi connectivity index (χ4n) is 3.78. The quantitative estimate of drug-likeness (QED) is 0.335. The molecule has 1 aromatic carbocycles. The van der Waals surface area contributed by atoms with Crippen molar-refractivity contribution in [1.82, 2.24) is 25.6 Å². The van der Waals surface area contributed by atoms with Crippen LogP contribution in [-0.2, 0) is 31.9 Å². The molecule has 0 saturated heterocycles. The number of amides is 2. The number of aromatic nitrogens is 3. The monoisotopic (exact) mass is 497 g/mol. The van der Waals surface area contributed by atoms with Crippen molar-refractivity contribution in [2.75, 3.05) is 7.11 Å². The topological polar surface area (TPSA) is 138 Å². The average molecular weight is 498 g/mol. The van der Waals surface area contributed by atoms with Gasteiger partial charge in [0.1, 0.15) is 23.5 Å². The van der Waals surface area contributed by atoms with Crippen LogP contribution < -0.4 is 10.6 Å². The first-order valence-electron chi connectivity index (χ1n) is 11.9. The number of esters is 1. The van der Waals surface area contributed by atoms with Crippen molar-refractivity contribution in [3.8, 4) is 0 Å². The third-order valence-electron chi connectivity index (χ3n) is 5.53. The van der Waals surface area contributed by atoms with E-state index < -0.39 is 35.7 Å². The van der Waals surface area contributed by atoms with Crippen molar-refractivity contribution < 1.29 is 23.9 Å². The van der Waals surface area contributed by atoms with Gasteiger partial charge in [-0.1, -0.05) is 32.0 Å². The van der Waals surface area contributed by atoms with E-state index in [1.165, 1.54) is 7.11 Å². The van der Waals surface area contributed by atoms with Gasteiger partial charge >= 0.3 is 12.1 Å². The summed E-state index contributed by atoms with van der Waals surface area (Å²) in [6.07, 6.45) is 3.05. The van der Waals surface area contributed by atoms with Crippen LogP contribution in [0.1, 0.15) is 57.6 Å². The minimum absolute atomic E-state index is 0.157. The molecule has 2 aromatic heterocycles. The molecule has 4 N–H and O–H groups in total. The first kappa shape index (κ1) is 26.8. The number of nitrogens with one attached hydrogen (secondary N) is 4. The second kappa shape index (κ2) is 11.3. The van der Waals surface area contributed by atoms with Crippen molar-refractivity contribution in [3.05, 3.63) is 53.7 Å². The predicted octanol–water partition coefficient (Wildman–Crippen LogP) is 3.35. The number of benzene rings is 1. The summed E-state index contributed by atoms with van der Waals surface area (Å²) in [4.78, 5) is 49.2. The molecule has 0 aliphatic rings. The summed E-state index contributed by atoms with van der Waals surface area (Å²) in [6, 6.07) is 5.70. The first-order valence-corrected chi connectivity index (χ1v) is 11.9. The van der Waals surface area contributed by atoms with Crippen molar-refractivity contribution >= 4 is 28.9 Å². The van der Waals surface area contributed by atoms with Crippen LogP contribution in [0.3, 0.4) is 0 Å². The molecule has 0 bridgehead atoms. The van der Waals surface area contributed by atoms with Crippen molar-refractivity contribution in [3.63, 3.8) is 0 Å². The Morgan fingerprint density at radius 2 is 1.78 bits per heavy atom. The standard InChI is InChI=1S/C26H35N5O5/c1-15(2)22-28-14-17(29-22)12-21(24(33)35-6)30-23(32)20(31-25(34)36-26(3,4)5)11-16-13-27-19-10-8-7-9-18(16)19/h7-10,13-15,20-21,27H,11-12H2,1-6H3,(H,28,29)(H,30,32)(H,31,34)/t20-,21-/m0/s1. The predicted molar refractivity (Wildman–Crippen MR) is 135 cm³/mol. The van der Waals surface area contributed by atoms with Gasteiger partial charge < -0.3 is 30.1 Å². The maximum absolute atomic E-state index is 13.4. The van der Waals surface area contributed by atoms with Gasteiger partial charge in [-0.05, 0) is 32.4 Å². The molecule has 194 valence electrons. The molecule has 3 rings (SSSR count). The van der Waals surface area contributed by atoms with E-state index in [-0.39, 0.29) is 18.8 Å². The summed E-state index contributed by atoms with van der Waals surface area (Å²) >= 11 is 0. The minimum atomic E-state index is -1.00. The lowest BCUT2D eigenvalue weighted by Gasteiger charge is -2.24. The van der Waals surface area contributed by atoms with Gasteiger partial charge in [-0.15, -0.1) is 0 Å². The molecule has 0 unspecified atom stereocenters. The number of hydrogen-bond acceptors (Lipinski definition) is 6. The number of hydrogen-bond donors (Lipinski definition) is 4. The highest BCUT2D eigenvalue weighted by molar-refractivity contribution is 5.91. The summed E-state index contributed by atoms with van der Waals surface area (Å²) in [5.41, 5.74) is 1.70. The van der Waals surface area contributed by atoms with E-state index in [1.54, 1.807) is 33.2 Å². The van der Waals surface area contributed by atoms with Gasteiger partial charge in [-0.25, -0.2) is 14.6 Å². The molecule has 2 atom stereocenters. The molecule has 0 aliphatic heterocycles. The molecule has 10 heteroatoms. The van der Waals surface area contributed by atoms with Gasteiger partial charge in [0.25, 0.3) is 0 Å². The molecule has 0 saturated carbocycles. The van der Waals surface area contributed by atoms with E-state index in [0.717, 1.165) is 22.3 Å². The zero-order valence-corrected chi connectivity index (χ0v) is 21.6. The lowest BCUT2D eigenvalue weighted by molar-refractivity contribution is -0.145. The van der Waals surface area contributed by atoms with Crippen LogP contribution >= 0.6 is 0 Å². The summed E-state index contributed by atoms with van der Waals surface area (Å²) in [5.74, 6) is -0.176. The molecule has 0 spiro atoms. The Balaban J connectivity index is 1.82. The largest absolute Gasteiger partial charge is 0.467 e. The minimum Gasteiger partial charge on any atom is -0.467 e. The Hall–Kier alpha value is -3.82. The molecule has 2 amide bonds. The molecule has 3 aromatic rings. The molecular weight excluding hydrogens is 462 g/mol. The zero-order valence-electron chi connectivity index (χ0n) is 21.6. The fraction of sp³-hybridized carbons (Fsp3) is 0.462. The SMILES string of the molecule is COC(=O)[C@H](Cc1cnc(C(C)C)[nH]1)NC(=O)[C@H](Cc1c[nH]c2ccccc12)NC(=O)OC(C)(C)C. The Labute approximate surface area is 210 Å². The maximum Gasteiger partial charge on any atom is 0.408 e. The number of imidazole rings is 1. The van der Waals surface area contributed by atoms with E-state index in [0.29, 0.717) is 5.69 Å². The average Bonchev–Trinajstić information content (AvgIpc) is 3.44. The van der Waals surface area contributed by atoms with Crippen LogP contribution in [0.4, 0.5) is 4.79 Å². The first-order chi connectivity index (χ1) is 17.0. The van der Waals surface area contributed by atoms with Crippen LogP contribution in [0.5, 0.6) is 0 Å². The Kier molecular flexibility index (Phi) is 8.39. The number of aromatic amines is 2. The van der Waals surface area contributed by atoms with Gasteiger partial charge in [0, 0.05) is 47.8 Å². The molecule has 0 radical (unpaired) electrons. The van der Waals surface area contributed by atoms with E-state index in [1.807, 2.05) is 38.1 Å². The van der Waals surface area contributed by atoms with Gasteiger partial charge in [0.05, 0.1) is 7.11 Å². The number of rotatable bonds is 9. The number of nitrogens with zero attached hydrogens (tertiary/aromatic N) is 1. The van der Waals surface area contributed by atoms with Crippen molar-refractivity contribution in [1.29, 1.82) is 0 Å². The Morgan fingerprint density at radius 1 is 1.06 bits per heavy atom. The Morgan fingerprint density at radius 3 is 2.42 bits per heavy atom. The fourth-order valence-corrected chi connectivity index (χ4v) is 3.78. The molecule has 2 heterocycles. The summed E-state index contributed by atoms with van der Waals surface area (Å²) in [5, 5.41) is 6.34. The van der Waals surface area contributed by atoms with Crippen LogP contribution in [0, 0.1) is 0 Å². The summed E-state index contributed by atoms with van der Waals surface area (Å²) < 4.78 is 10.3. The number of carbonyl (C=O) groups is 3. The summed E-state index contributed by atoms with van der Waals surface area (Å²) in [6.45, 7) is 9.22. The van der Waals surface area contributed by atoms with Crippen LogP contribution in [0.15, 0.2) is 36.7 Å². The maximum atomic E-state index is 13.4. The third-order valence-corrected chi connectivity index (χ3v) is 5.53. The second-order valence-corrected chi connectivity index (χ2v) is 10.00. The molecular formula is C26H35N5O5. The number of H-pyrrole nitrogens is 2. The van der Waals surface area contributed by atoms with Crippen molar-refractivity contribution in [2.45, 2.75) is 71.1 Å². The normalized spacial score (nSPS) is 13.3. The second-order valence-electron chi connectivity index (χ2n) is 10.00. The van der Waals surface area contributed by atoms with Crippen molar-refractivity contribution in [2.24, 2.45) is 0 Å². The van der Waals surface area contributed by atoms with Crippen LogP contribution in [-0.4, -0.2) is 57.7 Å². The number of fused-ring (bicyclic) bond motifs is 1. The van der Waals surface area contributed by atoms with Gasteiger partial charge in [-0.3, -0.25) is 4.79 Å². The number of methoxy groups -OCH3 is 1. The highest BCUT2D eigenvalue weighted by Gasteiger charge is 2.30. The van der Waals surface area contributed by atoms with E-state index in [4.69, 9.17) is 9.47 Å². The van der Waals surface area contributed by atoms with Gasteiger partial charge in [-0.2, -0.15) is 0 Å². The van der Waals surface area contributed by atoms with Gasteiger partial charge in [0.2, 0.25) is 5.91 Å². The smallest absolute Gasteiger partial charge is 0.408 e. The van der Waals surface area contributed by atoms with E-state index >= 15 is 0 Å². The van der Waals surface area contributed by atoms with E-state index in [9.17, 15) is 14.4 Å². The number of para-hydroxylation sites is 1. The molecule has 10 nitrogen and oxygen atoms in total. The van der Waals surface area contributed by atoms with Gasteiger partial charge in [0.15, 0.2) is 0 Å². The number of carbonyl (C=O) groups excluding carboxylic acids is 3. The zero-order chi connectivity index (χ0) is 26.5. The van der Waals surface area contributed by atoms with Crippen LogP contribution in [0.25, 0.3) is 10.9 Å². The highest BCUT2D eigenvalue weighted by Crippen LogP contribution is 2.20. The van der Waals surface area contributed by atoms with Crippen LogP contribution in [0.2, 0.25) is 0 Å². The lowest BCUT2D eigenvalue weighted by atomic mass is 10.0. The lowest BCUT2D eigenvalue weighted by Crippen LogP contribution is -2.54. The molecule has 0 aliphatic carbocycles.